The van der Waals surface area contributed by atoms with Crippen molar-refractivity contribution in [3.05, 3.63) is 63.2 Å². The number of piperazine rings is 1. The van der Waals surface area contributed by atoms with Gasteiger partial charge in [-0.3, -0.25) is 14.9 Å². The van der Waals surface area contributed by atoms with E-state index in [4.69, 9.17) is 0 Å². The number of carbonyl (C=O) groups is 1. The standard InChI is InChI=1S/C20H23N3O5S2/c1-14-4-6-17(12-15(14)2)30(27,28)22-10-8-21(9-11-22)20(24)16-5-7-19(29-3)18(13-16)23(25)26/h4-7,12-13H,8-11H2,1-3H3. The molecule has 30 heavy (non-hydrogen) atoms. The van der Waals surface area contributed by atoms with Gasteiger partial charge < -0.3 is 4.90 Å². The molecule has 1 aliphatic heterocycles. The number of nitro benzene ring substituents is 1. The first-order chi connectivity index (χ1) is 14.1. The van der Waals surface area contributed by atoms with Crippen LogP contribution in [0, 0.1) is 24.0 Å². The van der Waals surface area contributed by atoms with Crippen molar-refractivity contribution in [1.82, 2.24) is 9.21 Å². The molecule has 2 aromatic rings. The molecule has 160 valence electrons. The molecule has 0 N–H and O–H groups in total. The summed E-state index contributed by atoms with van der Waals surface area (Å²) in [6.45, 7) is 4.58. The van der Waals surface area contributed by atoms with E-state index in [1.165, 1.54) is 27.0 Å². The summed E-state index contributed by atoms with van der Waals surface area (Å²) in [6.07, 6.45) is 1.74. The molecule has 1 saturated heterocycles. The van der Waals surface area contributed by atoms with Crippen molar-refractivity contribution in [2.24, 2.45) is 0 Å². The number of hydrogen-bond donors (Lipinski definition) is 0. The Morgan fingerprint density at radius 2 is 1.70 bits per heavy atom. The Labute approximate surface area is 180 Å². The highest BCUT2D eigenvalue weighted by Gasteiger charge is 2.31. The highest BCUT2D eigenvalue weighted by atomic mass is 32.2. The zero-order valence-corrected chi connectivity index (χ0v) is 18.6. The molecule has 8 nitrogen and oxygen atoms in total. The van der Waals surface area contributed by atoms with Gasteiger partial charge in [-0.15, -0.1) is 11.8 Å². The lowest BCUT2D eigenvalue weighted by Crippen LogP contribution is -2.50. The van der Waals surface area contributed by atoms with Gasteiger partial charge in [0.05, 0.1) is 14.7 Å². The lowest BCUT2D eigenvalue weighted by atomic mass is 10.1. The van der Waals surface area contributed by atoms with E-state index in [1.807, 2.05) is 13.8 Å². The average Bonchev–Trinajstić information content (AvgIpc) is 2.74. The maximum Gasteiger partial charge on any atom is 0.283 e. The van der Waals surface area contributed by atoms with Crippen LogP contribution in [-0.4, -0.2) is 60.9 Å². The van der Waals surface area contributed by atoms with Crippen LogP contribution in [-0.2, 0) is 10.0 Å². The van der Waals surface area contributed by atoms with Gasteiger partial charge >= 0.3 is 0 Å². The molecule has 1 heterocycles. The molecule has 0 radical (unpaired) electrons. The fraction of sp³-hybridized carbons (Fsp3) is 0.350. The Balaban J connectivity index is 1.73. The van der Waals surface area contributed by atoms with Crippen LogP contribution in [0.4, 0.5) is 5.69 Å². The normalized spacial score (nSPS) is 15.2. The van der Waals surface area contributed by atoms with Gasteiger partial charge in [0.25, 0.3) is 11.6 Å². The number of benzene rings is 2. The lowest BCUT2D eigenvalue weighted by Gasteiger charge is -2.34. The molecular weight excluding hydrogens is 426 g/mol. The van der Waals surface area contributed by atoms with Crippen molar-refractivity contribution >= 4 is 33.4 Å². The second-order valence-electron chi connectivity index (χ2n) is 7.09. The number of sulfonamides is 1. The first kappa shape index (κ1) is 22.3. The van der Waals surface area contributed by atoms with Gasteiger partial charge in [0, 0.05) is 37.8 Å². The number of nitrogens with zero attached hydrogens (tertiary/aromatic N) is 3. The molecule has 0 atom stereocenters. The minimum Gasteiger partial charge on any atom is -0.336 e. The van der Waals surface area contributed by atoms with E-state index in [1.54, 1.807) is 36.6 Å². The second kappa shape index (κ2) is 8.75. The summed E-state index contributed by atoms with van der Waals surface area (Å²) in [5, 5.41) is 11.3. The number of amides is 1. The summed E-state index contributed by atoms with van der Waals surface area (Å²) < 4.78 is 27.2. The van der Waals surface area contributed by atoms with Gasteiger partial charge in [-0.2, -0.15) is 4.31 Å². The third-order valence-electron chi connectivity index (χ3n) is 5.26. The summed E-state index contributed by atoms with van der Waals surface area (Å²) in [7, 11) is -3.64. The summed E-state index contributed by atoms with van der Waals surface area (Å²) in [5.74, 6) is -0.339. The largest absolute Gasteiger partial charge is 0.336 e. The van der Waals surface area contributed by atoms with Crippen LogP contribution in [0.2, 0.25) is 0 Å². The molecule has 2 aromatic carbocycles. The van der Waals surface area contributed by atoms with Crippen LogP contribution < -0.4 is 0 Å². The Bertz CT molecular complexity index is 1090. The predicted octanol–water partition coefficient (Wildman–Crippen LogP) is 3.08. The maximum absolute atomic E-state index is 12.9. The van der Waals surface area contributed by atoms with Crippen LogP contribution in [0.15, 0.2) is 46.2 Å². The number of aryl methyl sites for hydroxylation is 2. The van der Waals surface area contributed by atoms with Crippen LogP contribution in [0.3, 0.4) is 0 Å². The van der Waals surface area contributed by atoms with Crippen molar-refractivity contribution in [2.75, 3.05) is 32.4 Å². The van der Waals surface area contributed by atoms with Gasteiger partial charge in [0.15, 0.2) is 0 Å². The molecule has 3 rings (SSSR count). The third-order valence-corrected chi connectivity index (χ3v) is 7.94. The minimum atomic E-state index is -3.64. The third kappa shape index (κ3) is 4.35. The van der Waals surface area contributed by atoms with E-state index in [0.29, 0.717) is 4.90 Å². The maximum atomic E-state index is 12.9. The smallest absolute Gasteiger partial charge is 0.283 e. The highest BCUT2D eigenvalue weighted by molar-refractivity contribution is 7.98. The van der Waals surface area contributed by atoms with Crippen molar-refractivity contribution in [3.8, 4) is 0 Å². The SMILES string of the molecule is CSc1ccc(C(=O)N2CCN(S(=O)(=O)c3ccc(C)c(C)c3)CC2)cc1[N+](=O)[O-]. The summed E-state index contributed by atoms with van der Waals surface area (Å²) >= 11 is 1.24. The zero-order chi connectivity index (χ0) is 22.1. The second-order valence-corrected chi connectivity index (χ2v) is 9.87. The Morgan fingerprint density at radius 1 is 1.03 bits per heavy atom. The summed E-state index contributed by atoms with van der Waals surface area (Å²) in [5.41, 5.74) is 2.04. The first-order valence-corrected chi connectivity index (χ1v) is 12.0. The summed E-state index contributed by atoms with van der Waals surface area (Å²) in [4.78, 5) is 25.8. The molecule has 0 spiro atoms. The monoisotopic (exact) mass is 449 g/mol. The van der Waals surface area contributed by atoms with E-state index < -0.39 is 14.9 Å². The molecule has 1 amide bonds. The number of carbonyl (C=O) groups excluding carboxylic acids is 1. The molecule has 0 aliphatic carbocycles. The fourth-order valence-corrected chi connectivity index (χ4v) is 5.36. The Kier molecular flexibility index (Phi) is 6.49. The van der Waals surface area contributed by atoms with Gasteiger partial charge in [-0.25, -0.2) is 8.42 Å². The fourth-order valence-electron chi connectivity index (χ4n) is 3.30. The number of nitro groups is 1. The molecular formula is C20H23N3O5S2. The highest BCUT2D eigenvalue weighted by Crippen LogP contribution is 2.29. The number of hydrogen-bond acceptors (Lipinski definition) is 6. The van der Waals surface area contributed by atoms with Gasteiger partial charge in [-0.1, -0.05) is 6.07 Å². The van der Waals surface area contributed by atoms with Crippen LogP contribution >= 0.6 is 11.8 Å². The molecule has 0 unspecified atom stereocenters. The lowest BCUT2D eigenvalue weighted by molar-refractivity contribution is -0.387. The Morgan fingerprint density at radius 3 is 2.27 bits per heavy atom. The quantitative estimate of drug-likeness (QED) is 0.395. The minimum absolute atomic E-state index is 0.107. The molecule has 1 aliphatic rings. The molecule has 0 saturated carbocycles. The molecule has 0 aromatic heterocycles. The van der Waals surface area contributed by atoms with Gasteiger partial charge in [0.1, 0.15) is 0 Å². The average molecular weight is 450 g/mol. The van der Waals surface area contributed by atoms with E-state index >= 15 is 0 Å². The van der Waals surface area contributed by atoms with E-state index in [0.717, 1.165) is 11.1 Å². The van der Waals surface area contributed by atoms with E-state index in [2.05, 4.69) is 0 Å². The van der Waals surface area contributed by atoms with Crippen molar-refractivity contribution in [1.29, 1.82) is 0 Å². The number of thioether (sulfide) groups is 1. The van der Waals surface area contributed by atoms with E-state index in [-0.39, 0.29) is 48.2 Å². The van der Waals surface area contributed by atoms with E-state index in [9.17, 15) is 23.3 Å². The van der Waals surface area contributed by atoms with Crippen molar-refractivity contribution in [2.45, 2.75) is 23.6 Å². The number of rotatable bonds is 5. The first-order valence-electron chi connectivity index (χ1n) is 9.34. The zero-order valence-electron chi connectivity index (χ0n) is 17.0. The van der Waals surface area contributed by atoms with Crippen LogP contribution in [0.1, 0.15) is 21.5 Å². The molecule has 1 fully saturated rings. The topological polar surface area (TPSA) is 101 Å². The van der Waals surface area contributed by atoms with Crippen LogP contribution in [0.25, 0.3) is 0 Å². The Hall–Kier alpha value is -2.43. The van der Waals surface area contributed by atoms with Crippen molar-refractivity contribution < 1.29 is 18.1 Å². The molecule has 0 bridgehead atoms. The van der Waals surface area contributed by atoms with Crippen LogP contribution in [0.5, 0.6) is 0 Å². The molecule has 10 heteroatoms. The van der Waals surface area contributed by atoms with Gasteiger partial charge in [0.2, 0.25) is 10.0 Å². The van der Waals surface area contributed by atoms with Gasteiger partial charge in [-0.05, 0) is 55.5 Å². The van der Waals surface area contributed by atoms with Crippen molar-refractivity contribution in [3.63, 3.8) is 0 Å². The predicted molar refractivity (Wildman–Crippen MR) is 115 cm³/mol. The summed E-state index contributed by atoms with van der Waals surface area (Å²) in [6, 6.07) is 9.46.